The average Bonchev–Trinajstić information content (AvgIpc) is 3.32. The van der Waals surface area contributed by atoms with Crippen LogP contribution in [0.5, 0.6) is 0 Å². The van der Waals surface area contributed by atoms with Crippen molar-refractivity contribution in [2.24, 2.45) is 17.8 Å². The number of likely N-dealkylation sites (tertiary alicyclic amines) is 1. The number of fused-ring (bicyclic) bond motifs is 3. The third kappa shape index (κ3) is 5.29. The number of carbonyl (C=O) groups excluding carboxylic acids is 2. The molecule has 0 aromatic heterocycles. The normalized spacial score (nSPS) is 42.7. The maximum atomic E-state index is 15.7. The highest BCUT2D eigenvalue weighted by atomic mass is 19.1. The molecule has 3 saturated carbocycles. The molecule has 6 rings (SSSR count). The van der Waals surface area contributed by atoms with Crippen molar-refractivity contribution < 1.29 is 23.8 Å². The van der Waals surface area contributed by atoms with Crippen molar-refractivity contribution in [3.8, 4) is 0 Å². The number of rotatable bonds is 7. The largest absolute Gasteiger partial charge is 0.392 e. The molecule has 0 aromatic rings. The molecule has 2 saturated heterocycles. The molecule has 6 aliphatic rings. The highest BCUT2D eigenvalue weighted by molar-refractivity contribution is 6.20. The molecule has 1 amide bonds. The lowest BCUT2D eigenvalue weighted by Crippen LogP contribution is -2.73. The van der Waals surface area contributed by atoms with Crippen LogP contribution in [-0.2, 0) is 14.3 Å². The van der Waals surface area contributed by atoms with Crippen LogP contribution in [0.1, 0.15) is 71.1 Å². The van der Waals surface area contributed by atoms with Gasteiger partial charge in [-0.1, -0.05) is 25.7 Å². The molecule has 9 heteroatoms. The first-order chi connectivity index (χ1) is 18.8. The summed E-state index contributed by atoms with van der Waals surface area (Å²) in [5.74, 6) is 0.0998. The molecular formula is C30H47FN4O4. The van der Waals surface area contributed by atoms with Gasteiger partial charge in [-0.3, -0.25) is 9.59 Å². The van der Waals surface area contributed by atoms with Crippen molar-refractivity contribution in [3.05, 3.63) is 11.8 Å². The molecule has 11 atom stereocenters. The Bertz CT molecular complexity index is 961. The topological polar surface area (TPSA) is 94.1 Å². The van der Waals surface area contributed by atoms with E-state index in [1.807, 2.05) is 6.20 Å². The number of morpholine rings is 1. The number of hydrogen-bond acceptors (Lipinski definition) is 7. The van der Waals surface area contributed by atoms with Crippen molar-refractivity contribution in [1.82, 2.24) is 20.4 Å². The van der Waals surface area contributed by atoms with Gasteiger partial charge < -0.3 is 30.3 Å². The predicted octanol–water partition coefficient (Wildman–Crippen LogP) is 2.16. The lowest BCUT2D eigenvalue weighted by atomic mass is 9.65. The number of ketones is 1. The molecule has 39 heavy (non-hydrogen) atoms. The van der Waals surface area contributed by atoms with Crippen LogP contribution in [0.15, 0.2) is 11.8 Å². The summed E-state index contributed by atoms with van der Waals surface area (Å²) in [5.41, 5.74) is 0.184. The number of carbonyl (C=O) groups is 2. The van der Waals surface area contributed by atoms with Crippen molar-refractivity contribution in [2.45, 2.75) is 120 Å². The fraction of sp³-hybridized carbons (Fsp3) is 0.867. The zero-order valence-corrected chi connectivity index (χ0v) is 23.6. The lowest BCUT2D eigenvalue weighted by molar-refractivity contribution is -0.208. The number of nitrogens with one attached hydrogen (secondary N) is 2. The molecule has 0 radical (unpaired) electrons. The van der Waals surface area contributed by atoms with Crippen LogP contribution in [0.3, 0.4) is 0 Å². The number of Topliss-reactive ketones (excluding diaryl/α,β-unsaturated/α-hetero) is 1. The standard InChI is InChI=1S/C30H47FN4O4/c1-17(36)15-33-26-23(31)14-21-27-29(26)39-25-13-19-7-4-3-6-18(19)12-24(25)35(27)16-22(28(21)37)30(38)32-10-9-20-8-5-11-34(20)2/h16-21,23-27,29,33,36H,3-15H2,1-2H3,(H,32,38)/t17-,18?,19?,20?,21?,23?,24?,25?,26?,27?,29?/m1/s1. The van der Waals surface area contributed by atoms with Crippen LogP contribution in [0.4, 0.5) is 4.39 Å². The number of aliphatic hydroxyl groups is 1. The van der Waals surface area contributed by atoms with E-state index in [2.05, 4.69) is 27.5 Å². The van der Waals surface area contributed by atoms with E-state index in [9.17, 15) is 14.7 Å². The summed E-state index contributed by atoms with van der Waals surface area (Å²) in [5, 5.41) is 16.1. The lowest BCUT2D eigenvalue weighted by Gasteiger charge is -2.61. The number of amides is 1. The second-order valence-electron chi connectivity index (χ2n) is 13.3. The van der Waals surface area contributed by atoms with E-state index in [4.69, 9.17) is 4.74 Å². The number of aliphatic hydroxyl groups excluding tert-OH is 1. The Morgan fingerprint density at radius 3 is 2.67 bits per heavy atom. The molecule has 218 valence electrons. The minimum Gasteiger partial charge on any atom is -0.392 e. The Balaban J connectivity index is 1.26. The first kappa shape index (κ1) is 27.6. The van der Waals surface area contributed by atoms with Crippen LogP contribution in [0.25, 0.3) is 0 Å². The zero-order chi connectivity index (χ0) is 27.3. The van der Waals surface area contributed by atoms with Gasteiger partial charge in [0.1, 0.15) is 6.17 Å². The number of nitrogens with zero attached hydrogens (tertiary/aromatic N) is 2. The van der Waals surface area contributed by atoms with Gasteiger partial charge in [-0.2, -0.15) is 0 Å². The van der Waals surface area contributed by atoms with Gasteiger partial charge in [0.25, 0.3) is 5.91 Å². The van der Waals surface area contributed by atoms with E-state index in [1.165, 1.54) is 32.1 Å². The quantitative estimate of drug-likeness (QED) is 0.422. The summed E-state index contributed by atoms with van der Waals surface area (Å²) < 4.78 is 22.5. The number of ether oxygens (including phenoxy) is 1. The van der Waals surface area contributed by atoms with Gasteiger partial charge in [0.15, 0.2) is 5.78 Å². The summed E-state index contributed by atoms with van der Waals surface area (Å²) in [6, 6.07) is -0.312. The van der Waals surface area contributed by atoms with E-state index in [-0.39, 0.29) is 48.4 Å². The molecule has 0 aromatic carbocycles. The molecule has 10 unspecified atom stereocenters. The van der Waals surface area contributed by atoms with Gasteiger partial charge in [0, 0.05) is 31.2 Å². The molecule has 3 N–H and O–H groups in total. The molecule has 0 bridgehead atoms. The Morgan fingerprint density at radius 2 is 1.95 bits per heavy atom. The van der Waals surface area contributed by atoms with Gasteiger partial charge in [-0.05, 0) is 70.9 Å². The highest BCUT2D eigenvalue weighted by Crippen LogP contribution is 2.50. The van der Waals surface area contributed by atoms with Crippen molar-refractivity contribution in [3.63, 3.8) is 0 Å². The minimum absolute atomic E-state index is 0.0425. The Kier molecular flexibility index (Phi) is 8.06. The van der Waals surface area contributed by atoms with Crippen LogP contribution >= 0.6 is 0 Å². The van der Waals surface area contributed by atoms with Crippen molar-refractivity contribution in [2.75, 3.05) is 26.7 Å². The van der Waals surface area contributed by atoms with Crippen LogP contribution in [-0.4, -0.2) is 102 Å². The van der Waals surface area contributed by atoms with Crippen LogP contribution < -0.4 is 10.6 Å². The summed E-state index contributed by atoms with van der Waals surface area (Å²) in [4.78, 5) is 31.8. The maximum absolute atomic E-state index is 15.7. The molecule has 3 aliphatic carbocycles. The first-order valence-corrected chi connectivity index (χ1v) is 15.5. The smallest absolute Gasteiger partial charge is 0.256 e. The van der Waals surface area contributed by atoms with Crippen molar-refractivity contribution >= 4 is 11.7 Å². The van der Waals surface area contributed by atoms with Gasteiger partial charge in [-0.15, -0.1) is 0 Å². The number of halogens is 1. The van der Waals surface area contributed by atoms with Gasteiger partial charge >= 0.3 is 0 Å². The molecule has 3 heterocycles. The van der Waals surface area contributed by atoms with Gasteiger partial charge in [0.05, 0.1) is 42.0 Å². The van der Waals surface area contributed by atoms with Gasteiger partial charge in [-0.25, -0.2) is 4.39 Å². The molecule has 3 aliphatic heterocycles. The van der Waals surface area contributed by atoms with E-state index in [0.717, 1.165) is 32.2 Å². The van der Waals surface area contributed by atoms with E-state index >= 15 is 4.39 Å². The van der Waals surface area contributed by atoms with Crippen molar-refractivity contribution in [1.29, 1.82) is 0 Å². The highest BCUT2D eigenvalue weighted by Gasteiger charge is 2.59. The number of hydrogen-bond donors (Lipinski definition) is 3. The molecule has 5 fully saturated rings. The second-order valence-corrected chi connectivity index (χ2v) is 13.3. The van der Waals surface area contributed by atoms with E-state index in [0.29, 0.717) is 24.4 Å². The Morgan fingerprint density at radius 1 is 1.18 bits per heavy atom. The summed E-state index contributed by atoms with van der Waals surface area (Å²) in [7, 11) is 2.12. The monoisotopic (exact) mass is 546 g/mol. The third-order valence-corrected chi connectivity index (χ3v) is 10.8. The summed E-state index contributed by atoms with van der Waals surface area (Å²) in [6.45, 7) is 3.58. The fourth-order valence-corrected chi connectivity index (χ4v) is 8.79. The number of alkyl halides is 1. The molecule has 0 spiro atoms. The van der Waals surface area contributed by atoms with E-state index in [1.54, 1.807) is 6.92 Å². The fourth-order valence-electron chi connectivity index (χ4n) is 8.79. The predicted molar refractivity (Wildman–Crippen MR) is 146 cm³/mol. The Hall–Kier alpha value is -1.55. The average molecular weight is 547 g/mol. The Labute approximate surface area is 232 Å². The zero-order valence-electron chi connectivity index (χ0n) is 23.6. The summed E-state index contributed by atoms with van der Waals surface area (Å²) in [6.07, 6.45) is 9.59. The first-order valence-electron chi connectivity index (χ1n) is 15.5. The van der Waals surface area contributed by atoms with Crippen LogP contribution in [0.2, 0.25) is 0 Å². The second kappa shape index (κ2) is 11.4. The van der Waals surface area contributed by atoms with Crippen LogP contribution in [0, 0.1) is 17.8 Å². The molecular weight excluding hydrogens is 499 g/mol. The van der Waals surface area contributed by atoms with Gasteiger partial charge in [0.2, 0.25) is 0 Å². The van der Waals surface area contributed by atoms with E-state index < -0.39 is 30.3 Å². The minimum atomic E-state index is -1.29. The SMILES string of the molecule is C[C@@H](O)CNC1C(F)CC2C(=O)C(C(=O)NCCC3CCCN3C)=CN3C4CC5CCCCC5CC4OC1C23. The third-order valence-electron chi connectivity index (χ3n) is 10.8. The maximum Gasteiger partial charge on any atom is 0.256 e. The molecule has 8 nitrogen and oxygen atoms in total. The summed E-state index contributed by atoms with van der Waals surface area (Å²) >= 11 is 0.